The molecule has 0 radical (unpaired) electrons. The SMILES string of the molecule is CCC(=O)c1ccc(OCC(=O)OC(C)C(=O)c2cc(C)c(C)cc2C)cc1. The van der Waals surface area contributed by atoms with Crippen LogP contribution in [0, 0.1) is 20.8 Å². The van der Waals surface area contributed by atoms with Gasteiger partial charge in [0.15, 0.2) is 18.5 Å². The summed E-state index contributed by atoms with van der Waals surface area (Å²) in [6.07, 6.45) is -0.472. The van der Waals surface area contributed by atoms with Crippen LogP contribution in [-0.4, -0.2) is 30.2 Å². The van der Waals surface area contributed by atoms with E-state index in [1.807, 2.05) is 32.9 Å². The van der Waals surface area contributed by atoms with Crippen LogP contribution >= 0.6 is 0 Å². The molecule has 0 spiro atoms. The predicted molar refractivity (Wildman–Crippen MR) is 107 cm³/mol. The minimum absolute atomic E-state index is 0.0416. The molecule has 2 rings (SSSR count). The molecule has 0 bridgehead atoms. The van der Waals surface area contributed by atoms with Crippen molar-refractivity contribution in [1.29, 1.82) is 0 Å². The van der Waals surface area contributed by atoms with Gasteiger partial charge in [-0.2, -0.15) is 0 Å². The molecule has 2 aromatic rings. The van der Waals surface area contributed by atoms with Crippen LogP contribution in [-0.2, 0) is 9.53 Å². The second-order valence-electron chi connectivity index (χ2n) is 6.84. The van der Waals surface area contributed by atoms with Crippen molar-refractivity contribution in [3.8, 4) is 5.75 Å². The summed E-state index contributed by atoms with van der Waals surface area (Å²) < 4.78 is 10.6. The number of benzene rings is 2. The monoisotopic (exact) mass is 382 g/mol. The molecule has 0 aliphatic rings. The summed E-state index contributed by atoms with van der Waals surface area (Å²) in [7, 11) is 0. The Labute approximate surface area is 165 Å². The first kappa shape index (κ1) is 21.4. The summed E-state index contributed by atoms with van der Waals surface area (Å²) in [6, 6.07) is 10.3. The molecule has 1 unspecified atom stereocenters. The van der Waals surface area contributed by atoms with Gasteiger partial charge < -0.3 is 9.47 Å². The number of carbonyl (C=O) groups is 3. The zero-order valence-corrected chi connectivity index (χ0v) is 17.0. The summed E-state index contributed by atoms with van der Waals surface area (Å²) in [5.74, 6) is -0.374. The Kier molecular flexibility index (Phi) is 7.10. The highest BCUT2D eigenvalue weighted by atomic mass is 16.6. The number of aryl methyl sites for hydroxylation is 3. The third kappa shape index (κ3) is 5.28. The van der Waals surface area contributed by atoms with Crippen LogP contribution < -0.4 is 4.74 Å². The summed E-state index contributed by atoms with van der Waals surface area (Å²) >= 11 is 0. The first-order chi connectivity index (χ1) is 13.2. The first-order valence-electron chi connectivity index (χ1n) is 9.30. The molecule has 0 aromatic heterocycles. The van der Waals surface area contributed by atoms with Crippen LogP contribution in [0.2, 0.25) is 0 Å². The molecule has 1 atom stereocenters. The number of esters is 1. The highest BCUT2D eigenvalue weighted by Gasteiger charge is 2.22. The van der Waals surface area contributed by atoms with E-state index in [1.165, 1.54) is 0 Å². The van der Waals surface area contributed by atoms with Gasteiger partial charge in [0.25, 0.3) is 0 Å². The van der Waals surface area contributed by atoms with Crippen molar-refractivity contribution in [2.45, 2.75) is 47.1 Å². The molecule has 5 heteroatoms. The lowest BCUT2D eigenvalue weighted by atomic mass is 9.96. The Morgan fingerprint density at radius 3 is 2.14 bits per heavy atom. The highest BCUT2D eigenvalue weighted by molar-refractivity contribution is 6.01. The Morgan fingerprint density at radius 2 is 1.54 bits per heavy atom. The van der Waals surface area contributed by atoms with Gasteiger partial charge in [-0.05, 0) is 74.7 Å². The van der Waals surface area contributed by atoms with Crippen molar-refractivity contribution in [2.75, 3.05) is 6.61 Å². The topological polar surface area (TPSA) is 69.7 Å². The zero-order valence-electron chi connectivity index (χ0n) is 17.0. The van der Waals surface area contributed by atoms with E-state index < -0.39 is 12.1 Å². The number of Topliss-reactive ketones (excluding diaryl/α,β-unsaturated/α-hetero) is 2. The fourth-order valence-corrected chi connectivity index (χ4v) is 2.81. The second kappa shape index (κ2) is 9.31. The molecule has 0 heterocycles. The van der Waals surface area contributed by atoms with Gasteiger partial charge in [-0.15, -0.1) is 0 Å². The van der Waals surface area contributed by atoms with Crippen LogP contribution in [0.4, 0.5) is 0 Å². The number of hydrogen-bond donors (Lipinski definition) is 0. The Morgan fingerprint density at radius 1 is 0.929 bits per heavy atom. The van der Waals surface area contributed by atoms with E-state index >= 15 is 0 Å². The van der Waals surface area contributed by atoms with E-state index in [4.69, 9.17) is 9.47 Å². The van der Waals surface area contributed by atoms with Crippen molar-refractivity contribution in [3.63, 3.8) is 0 Å². The largest absolute Gasteiger partial charge is 0.482 e. The molecule has 5 nitrogen and oxygen atoms in total. The van der Waals surface area contributed by atoms with Crippen LogP contribution in [0.15, 0.2) is 36.4 Å². The van der Waals surface area contributed by atoms with E-state index in [2.05, 4.69) is 0 Å². The van der Waals surface area contributed by atoms with Gasteiger partial charge in [0, 0.05) is 17.5 Å². The Hall–Kier alpha value is -2.95. The van der Waals surface area contributed by atoms with Crippen molar-refractivity contribution in [1.82, 2.24) is 0 Å². The van der Waals surface area contributed by atoms with Crippen molar-refractivity contribution in [3.05, 3.63) is 64.2 Å². The van der Waals surface area contributed by atoms with E-state index in [0.29, 0.717) is 23.3 Å². The lowest BCUT2D eigenvalue weighted by molar-refractivity contribution is -0.148. The number of ether oxygens (including phenoxy) is 2. The molecule has 0 N–H and O–H groups in total. The maximum atomic E-state index is 12.6. The molecule has 28 heavy (non-hydrogen) atoms. The van der Waals surface area contributed by atoms with E-state index in [-0.39, 0.29) is 18.2 Å². The summed E-state index contributed by atoms with van der Waals surface area (Å²) in [4.78, 5) is 36.3. The van der Waals surface area contributed by atoms with E-state index in [0.717, 1.165) is 16.7 Å². The van der Waals surface area contributed by atoms with Crippen LogP contribution in [0.5, 0.6) is 5.75 Å². The molecule has 0 saturated heterocycles. The predicted octanol–water partition coefficient (Wildman–Crippen LogP) is 4.40. The minimum atomic E-state index is -0.901. The average molecular weight is 382 g/mol. The normalized spacial score (nSPS) is 11.6. The van der Waals surface area contributed by atoms with Crippen LogP contribution in [0.3, 0.4) is 0 Å². The van der Waals surface area contributed by atoms with Gasteiger partial charge >= 0.3 is 5.97 Å². The number of hydrogen-bond acceptors (Lipinski definition) is 5. The third-order valence-corrected chi connectivity index (χ3v) is 4.64. The average Bonchev–Trinajstić information content (AvgIpc) is 2.68. The lowest BCUT2D eigenvalue weighted by Crippen LogP contribution is -2.27. The second-order valence-corrected chi connectivity index (χ2v) is 6.84. The third-order valence-electron chi connectivity index (χ3n) is 4.64. The zero-order chi connectivity index (χ0) is 20.8. The minimum Gasteiger partial charge on any atom is -0.482 e. The number of rotatable bonds is 8. The maximum absolute atomic E-state index is 12.6. The summed E-state index contributed by atoms with van der Waals surface area (Å²) in [6.45, 7) is 8.83. The molecule has 0 saturated carbocycles. The van der Waals surface area contributed by atoms with Crippen molar-refractivity contribution < 1.29 is 23.9 Å². The molecule has 2 aromatic carbocycles. The number of carbonyl (C=O) groups excluding carboxylic acids is 3. The van der Waals surface area contributed by atoms with Crippen LogP contribution in [0.25, 0.3) is 0 Å². The van der Waals surface area contributed by atoms with Crippen LogP contribution in [0.1, 0.15) is 57.7 Å². The summed E-state index contributed by atoms with van der Waals surface area (Å²) in [5, 5.41) is 0. The maximum Gasteiger partial charge on any atom is 0.344 e. The molecule has 0 fully saturated rings. The van der Waals surface area contributed by atoms with Gasteiger partial charge in [0.1, 0.15) is 5.75 Å². The first-order valence-corrected chi connectivity index (χ1v) is 9.30. The summed E-state index contributed by atoms with van der Waals surface area (Å²) in [5.41, 5.74) is 4.13. The van der Waals surface area contributed by atoms with Gasteiger partial charge in [0.05, 0.1) is 0 Å². The van der Waals surface area contributed by atoms with Gasteiger partial charge in [0.2, 0.25) is 5.78 Å². The quantitative estimate of drug-likeness (QED) is 0.500. The van der Waals surface area contributed by atoms with E-state index in [1.54, 1.807) is 38.1 Å². The Balaban J connectivity index is 1.93. The fourth-order valence-electron chi connectivity index (χ4n) is 2.81. The number of ketones is 2. The molecular weight excluding hydrogens is 356 g/mol. The molecular formula is C23H26O5. The van der Waals surface area contributed by atoms with E-state index in [9.17, 15) is 14.4 Å². The smallest absolute Gasteiger partial charge is 0.344 e. The van der Waals surface area contributed by atoms with Gasteiger partial charge in [-0.25, -0.2) is 4.79 Å². The van der Waals surface area contributed by atoms with Gasteiger partial charge in [-0.1, -0.05) is 13.0 Å². The van der Waals surface area contributed by atoms with Gasteiger partial charge in [-0.3, -0.25) is 9.59 Å². The standard InChI is InChI=1S/C23H26O5/c1-6-21(24)18-7-9-19(10-8-18)27-13-22(25)28-17(5)23(26)20-12-15(3)14(2)11-16(20)4/h7-12,17H,6,13H2,1-5H3. The fraction of sp³-hybridized carbons (Fsp3) is 0.348. The van der Waals surface area contributed by atoms with Crippen molar-refractivity contribution >= 4 is 17.5 Å². The highest BCUT2D eigenvalue weighted by Crippen LogP contribution is 2.18. The Bertz CT molecular complexity index is 881. The molecule has 0 aliphatic heterocycles. The lowest BCUT2D eigenvalue weighted by Gasteiger charge is -2.15. The van der Waals surface area contributed by atoms with Crippen molar-refractivity contribution in [2.24, 2.45) is 0 Å². The molecule has 0 aliphatic carbocycles. The molecule has 0 amide bonds. The molecule has 148 valence electrons.